The Morgan fingerprint density at radius 1 is 1.47 bits per heavy atom. The number of aromatic nitrogens is 1. The lowest BCUT2D eigenvalue weighted by molar-refractivity contribution is 0.0600. The Morgan fingerprint density at radius 3 is 2.80 bits per heavy atom. The molecule has 0 saturated heterocycles. The number of aliphatic hydroxyl groups excluding tert-OH is 1. The van der Waals surface area contributed by atoms with Crippen molar-refractivity contribution in [2.24, 2.45) is 0 Å². The third-order valence-corrected chi connectivity index (χ3v) is 2.09. The molecule has 0 aromatic carbocycles. The van der Waals surface area contributed by atoms with Crippen molar-refractivity contribution >= 4 is 5.97 Å². The van der Waals surface area contributed by atoms with Crippen LogP contribution in [0.25, 0.3) is 0 Å². The van der Waals surface area contributed by atoms with Crippen LogP contribution in [0.2, 0.25) is 0 Å². The van der Waals surface area contributed by atoms with E-state index in [2.05, 4.69) is 9.72 Å². The van der Waals surface area contributed by atoms with Crippen molar-refractivity contribution in [3.05, 3.63) is 29.6 Å². The molecule has 0 amide bonds. The SMILES string of the molecule is COC(=O)c1ccc(CCCCO)nc1. The van der Waals surface area contributed by atoms with Crippen LogP contribution in [0.15, 0.2) is 18.3 Å². The number of aliphatic hydroxyl groups is 1. The third-order valence-electron chi connectivity index (χ3n) is 2.09. The molecule has 0 aliphatic heterocycles. The molecule has 0 saturated carbocycles. The monoisotopic (exact) mass is 209 g/mol. The topological polar surface area (TPSA) is 59.4 Å². The molecule has 1 aromatic heterocycles. The number of ether oxygens (including phenoxy) is 1. The van der Waals surface area contributed by atoms with Gasteiger partial charge < -0.3 is 9.84 Å². The van der Waals surface area contributed by atoms with E-state index in [9.17, 15) is 4.79 Å². The van der Waals surface area contributed by atoms with Crippen LogP contribution < -0.4 is 0 Å². The Hall–Kier alpha value is -1.42. The molecule has 1 N–H and O–H groups in total. The Kier molecular flexibility index (Phi) is 4.77. The van der Waals surface area contributed by atoms with Crippen molar-refractivity contribution in [1.82, 2.24) is 4.98 Å². The summed E-state index contributed by atoms with van der Waals surface area (Å²) in [5.41, 5.74) is 1.39. The fraction of sp³-hybridized carbons (Fsp3) is 0.455. The summed E-state index contributed by atoms with van der Waals surface area (Å²) in [6, 6.07) is 3.51. The summed E-state index contributed by atoms with van der Waals surface area (Å²) in [5.74, 6) is -0.371. The predicted octanol–water partition coefficient (Wildman–Crippen LogP) is 1.18. The first-order valence-corrected chi connectivity index (χ1v) is 4.92. The zero-order chi connectivity index (χ0) is 11.1. The highest BCUT2D eigenvalue weighted by Gasteiger charge is 2.04. The maximum absolute atomic E-state index is 11.1. The van der Waals surface area contributed by atoms with Crippen molar-refractivity contribution in [2.45, 2.75) is 19.3 Å². The summed E-state index contributed by atoms with van der Waals surface area (Å²) >= 11 is 0. The standard InChI is InChI=1S/C11H15NO3/c1-15-11(14)9-5-6-10(12-8-9)4-2-3-7-13/h5-6,8,13H,2-4,7H2,1H3. The number of hydrogen-bond donors (Lipinski definition) is 1. The van der Waals surface area contributed by atoms with Gasteiger partial charge in [0.1, 0.15) is 0 Å². The lowest BCUT2D eigenvalue weighted by Crippen LogP contribution is -2.02. The van der Waals surface area contributed by atoms with E-state index >= 15 is 0 Å². The van der Waals surface area contributed by atoms with Gasteiger partial charge in [0, 0.05) is 18.5 Å². The van der Waals surface area contributed by atoms with Gasteiger partial charge in [-0.3, -0.25) is 4.98 Å². The van der Waals surface area contributed by atoms with Gasteiger partial charge >= 0.3 is 5.97 Å². The van der Waals surface area contributed by atoms with Crippen molar-refractivity contribution < 1.29 is 14.6 Å². The van der Waals surface area contributed by atoms with Crippen LogP contribution in [-0.2, 0) is 11.2 Å². The quantitative estimate of drug-likeness (QED) is 0.584. The van der Waals surface area contributed by atoms with Crippen molar-refractivity contribution in [3.8, 4) is 0 Å². The first-order chi connectivity index (χ1) is 7.27. The van der Waals surface area contributed by atoms with Crippen molar-refractivity contribution in [3.63, 3.8) is 0 Å². The van der Waals surface area contributed by atoms with Crippen LogP contribution in [0.4, 0.5) is 0 Å². The molecule has 0 aliphatic carbocycles. The fourth-order valence-corrected chi connectivity index (χ4v) is 1.23. The number of carbonyl (C=O) groups excluding carboxylic acids is 1. The van der Waals surface area contributed by atoms with Gasteiger partial charge in [0.2, 0.25) is 0 Å². The van der Waals surface area contributed by atoms with Gasteiger partial charge in [-0.05, 0) is 31.4 Å². The minimum absolute atomic E-state index is 0.209. The van der Waals surface area contributed by atoms with Gasteiger partial charge in [0.25, 0.3) is 0 Å². The minimum Gasteiger partial charge on any atom is -0.465 e. The second-order valence-corrected chi connectivity index (χ2v) is 3.21. The van der Waals surface area contributed by atoms with Crippen LogP contribution in [0.3, 0.4) is 0 Å². The number of unbranched alkanes of at least 4 members (excludes halogenated alkanes) is 1. The first-order valence-electron chi connectivity index (χ1n) is 4.92. The fourth-order valence-electron chi connectivity index (χ4n) is 1.23. The lowest BCUT2D eigenvalue weighted by atomic mass is 10.1. The molecule has 0 spiro atoms. The van der Waals surface area contributed by atoms with Crippen LogP contribution in [-0.4, -0.2) is 29.8 Å². The van der Waals surface area contributed by atoms with E-state index in [1.54, 1.807) is 6.07 Å². The van der Waals surface area contributed by atoms with Gasteiger partial charge in [0.05, 0.1) is 12.7 Å². The van der Waals surface area contributed by atoms with E-state index in [4.69, 9.17) is 5.11 Å². The number of methoxy groups -OCH3 is 1. The molecule has 15 heavy (non-hydrogen) atoms. The second-order valence-electron chi connectivity index (χ2n) is 3.21. The highest BCUT2D eigenvalue weighted by atomic mass is 16.5. The maximum atomic E-state index is 11.1. The van der Waals surface area contributed by atoms with Crippen LogP contribution in [0.5, 0.6) is 0 Å². The molecule has 0 fully saturated rings. The molecule has 0 unspecified atom stereocenters. The molecule has 4 nitrogen and oxygen atoms in total. The summed E-state index contributed by atoms with van der Waals surface area (Å²) in [6.07, 6.45) is 4.02. The number of carbonyl (C=O) groups is 1. The molecular formula is C11H15NO3. The van der Waals surface area contributed by atoms with Gasteiger partial charge in [-0.15, -0.1) is 0 Å². The Bertz CT molecular complexity index is 308. The Labute approximate surface area is 88.9 Å². The van der Waals surface area contributed by atoms with Gasteiger partial charge in [-0.2, -0.15) is 0 Å². The zero-order valence-corrected chi connectivity index (χ0v) is 8.77. The number of nitrogens with zero attached hydrogens (tertiary/aromatic N) is 1. The summed E-state index contributed by atoms with van der Waals surface area (Å²) in [4.78, 5) is 15.2. The van der Waals surface area contributed by atoms with E-state index in [0.717, 1.165) is 25.0 Å². The zero-order valence-electron chi connectivity index (χ0n) is 8.77. The average molecular weight is 209 g/mol. The van der Waals surface area contributed by atoms with Crippen LogP contribution >= 0.6 is 0 Å². The van der Waals surface area contributed by atoms with Gasteiger partial charge in [0.15, 0.2) is 0 Å². The average Bonchev–Trinajstić information content (AvgIpc) is 2.29. The smallest absolute Gasteiger partial charge is 0.339 e. The molecular weight excluding hydrogens is 194 g/mol. The molecule has 1 heterocycles. The molecule has 0 radical (unpaired) electrons. The molecule has 0 bridgehead atoms. The van der Waals surface area contributed by atoms with Crippen LogP contribution in [0, 0.1) is 0 Å². The molecule has 4 heteroatoms. The Morgan fingerprint density at radius 2 is 2.27 bits per heavy atom. The summed E-state index contributed by atoms with van der Waals surface area (Å²) in [7, 11) is 1.34. The number of pyridine rings is 1. The van der Waals surface area contributed by atoms with E-state index in [1.807, 2.05) is 6.07 Å². The maximum Gasteiger partial charge on any atom is 0.339 e. The number of esters is 1. The second kappa shape index (κ2) is 6.14. The summed E-state index contributed by atoms with van der Waals surface area (Å²) in [6.45, 7) is 0.209. The summed E-state index contributed by atoms with van der Waals surface area (Å²) < 4.78 is 4.56. The largest absolute Gasteiger partial charge is 0.465 e. The molecule has 0 atom stereocenters. The highest BCUT2D eigenvalue weighted by molar-refractivity contribution is 5.88. The molecule has 0 aliphatic rings. The van der Waals surface area contributed by atoms with E-state index in [0.29, 0.717) is 5.56 Å². The predicted molar refractivity (Wildman–Crippen MR) is 55.6 cm³/mol. The normalized spacial score (nSPS) is 10.0. The minimum atomic E-state index is -0.371. The van der Waals surface area contributed by atoms with Crippen molar-refractivity contribution in [2.75, 3.05) is 13.7 Å². The van der Waals surface area contributed by atoms with Crippen molar-refractivity contribution in [1.29, 1.82) is 0 Å². The van der Waals surface area contributed by atoms with E-state index in [-0.39, 0.29) is 12.6 Å². The Balaban J connectivity index is 2.52. The number of aryl methyl sites for hydroxylation is 1. The molecule has 82 valence electrons. The highest BCUT2D eigenvalue weighted by Crippen LogP contribution is 2.05. The van der Waals surface area contributed by atoms with E-state index in [1.165, 1.54) is 13.3 Å². The molecule has 1 aromatic rings. The lowest BCUT2D eigenvalue weighted by Gasteiger charge is -2.01. The first kappa shape index (κ1) is 11.7. The van der Waals surface area contributed by atoms with Gasteiger partial charge in [-0.1, -0.05) is 0 Å². The number of rotatable bonds is 5. The summed E-state index contributed by atoms with van der Waals surface area (Å²) in [5, 5.41) is 8.61. The number of hydrogen-bond acceptors (Lipinski definition) is 4. The van der Waals surface area contributed by atoms with Crippen LogP contribution in [0.1, 0.15) is 28.9 Å². The van der Waals surface area contributed by atoms with Gasteiger partial charge in [-0.25, -0.2) is 4.79 Å². The third kappa shape index (κ3) is 3.67. The molecule has 1 rings (SSSR count). The van der Waals surface area contributed by atoms with E-state index < -0.39 is 0 Å².